The average molecular weight is 355 g/mol. The van der Waals surface area contributed by atoms with Crippen molar-refractivity contribution in [1.82, 2.24) is 10.6 Å². The zero-order valence-corrected chi connectivity index (χ0v) is 15.3. The van der Waals surface area contributed by atoms with E-state index in [0.717, 1.165) is 11.3 Å². The molecule has 2 aromatic carbocycles. The minimum absolute atomic E-state index is 0.0344. The second kappa shape index (κ2) is 9.01. The monoisotopic (exact) mass is 355 g/mol. The smallest absolute Gasteiger partial charge is 0.309 e. The number of nitrogens with zero attached hydrogens (tertiary/aromatic N) is 1. The van der Waals surface area contributed by atoms with Gasteiger partial charge >= 0.3 is 11.8 Å². The molecule has 26 heavy (non-hydrogen) atoms. The zero-order chi connectivity index (χ0) is 19.1. The van der Waals surface area contributed by atoms with Crippen LogP contribution in [0.2, 0.25) is 0 Å². The van der Waals surface area contributed by atoms with Crippen LogP contribution in [0.1, 0.15) is 30.2 Å². The van der Waals surface area contributed by atoms with E-state index in [0.29, 0.717) is 5.56 Å². The molecule has 6 heteroatoms. The Labute approximate surface area is 153 Å². The van der Waals surface area contributed by atoms with Gasteiger partial charge in [0.25, 0.3) is 0 Å². The molecule has 2 atom stereocenters. The van der Waals surface area contributed by atoms with Crippen molar-refractivity contribution in [3.05, 3.63) is 65.7 Å². The van der Waals surface area contributed by atoms with Crippen molar-refractivity contribution in [3.8, 4) is 0 Å². The third-order valence-corrected chi connectivity index (χ3v) is 4.10. The molecule has 0 aliphatic carbocycles. The third-order valence-electron chi connectivity index (χ3n) is 4.10. The third kappa shape index (κ3) is 5.32. The van der Waals surface area contributed by atoms with Gasteiger partial charge in [-0.15, -0.1) is 0 Å². The van der Waals surface area contributed by atoms with Crippen molar-refractivity contribution in [2.75, 3.05) is 25.5 Å². The largest absolute Gasteiger partial charge is 0.387 e. The number of hydrogen-bond donors (Lipinski definition) is 3. The summed E-state index contributed by atoms with van der Waals surface area (Å²) in [6.07, 6.45) is -0.880. The maximum Gasteiger partial charge on any atom is 0.309 e. The number of benzene rings is 2. The van der Waals surface area contributed by atoms with Crippen molar-refractivity contribution in [2.45, 2.75) is 19.1 Å². The summed E-state index contributed by atoms with van der Waals surface area (Å²) < 4.78 is 0. The van der Waals surface area contributed by atoms with Crippen LogP contribution in [-0.2, 0) is 9.59 Å². The van der Waals surface area contributed by atoms with Crippen molar-refractivity contribution >= 4 is 17.5 Å². The Morgan fingerprint density at radius 2 is 1.58 bits per heavy atom. The molecule has 0 aromatic heterocycles. The highest BCUT2D eigenvalue weighted by molar-refractivity contribution is 6.35. The summed E-state index contributed by atoms with van der Waals surface area (Å²) in [7, 11) is 3.86. The maximum atomic E-state index is 12.0. The topological polar surface area (TPSA) is 81.7 Å². The molecule has 0 heterocycles. The Morgan fingerprint density at radius 3 is 2.15 bits per heavy atom. The molecule has 2 rings (SSSR count). The van der Waals surface area contributed by atoms with Crippen LogP contribution >= 0.6 is 0 Å². The standard InChI is InChI=1S/C20H25N3O3/c1-14(15-7-5-4-6-8-15)22-20(26)19(25)21-13-18(24)16-9-11-17(12-10-16)23(2)3/h4-12,14,18,24H,13H2,1-3H3,(H,21,25)(H,22,26). The highest BCUT2D eigenvalue weighted by Gasteiger charge is 2.18. The van der Waals surface area contributed by atoms with Gasteiger partial charge in [-0.3, -0.25) is 9.59 Å². The van der Waals surface area contributed by atoms with Gasteiger partial charge in [0.2, 0.25) is 0 Å². The Balaban J connectivity index is 1.84. The van der Waals surface area contributed by atoms with Crippen LogP contribution in [0.25, 0.3) is 0 Å². The molecule has 0 bridgehead atoms. The fourth-order valence-electron chi connectivity index (χ4n) is 2.47. The molecule has 3 N–H and O–H groups in total. The molecule has 0 saturated heterocycles. The minimum atomic E-state index is -0.880. The Morgan fingerprint density at radius 1 is 0.962 bits per heavy atom. The van der Waals surface area contributed by atoms with E-state index in [1.54, 1.807) is 12.1 Å². The molecular weight excluding hydrogens is 330 g/mol. The van der Waals surface area contributed by atoms with E-state index in [-0.39, 0.29) is 12.6 Å². The molecule has 0 radical (unpaired) electrons. The van der Waals surface area contributed by atoms with Gasteiger partial charge in [-0.25, -0.2) is 0 Å². The van der Waals surface area contributed by atoms with Gasteiger partial charge in [-0.1, -0.05) is 42.5 Å². The van der Waals surface area contributed by atoms with Crippen molar-refractivity contribution < 1.29 is 14.7 Å². The lowest BCUT2D eigenvalue weighted by Crippen LogP contribution is -2.42. The zero-order valence-electron chi connectivity index (χ0n) is 15.3. The maximum absolute atomic E-state index is 12.0. The molecular formula is C20H25N3O3. The Bertz CT molecular complexity index is 730. The predicted molar refractivity (Wildman–Crippen MR) is 102 cm³/mol. The summed E-state index contributed by atoms with van der Waals surface area (Å²) in [4.78, 5) is 25.9. The number of carbonyl (C=O) groups is 2. The van der Waals surface area contributed by atoms with E-state index in [9.17, 15) is 14.7 Å². The quantitative estimate of drug-likeness (QED) is 0.690. The van der Waals surface area contributed by atoms with Gasteiger partial charge in [-0.05, 0) is 30.2 Å². The first kappa shape index (κ1) is 19.5. The highest BCUT2D eigenvalue weighted by Crippen LogP contribution is 2.17. The van der Waals surface area contributed by atoms with Gasteiger partial charge in [0.15, 0.2) is 0 Å². The summed E-state index contributed by atoms with van der Waals surface area (Å²) in [5.41, 5.74) is 2.60. The van der Waals surface area contributed by atoms with Crippen molar-refractivity contribution in [2.24, 2.45) is 0 Å². The van der Waals surface area contributed by atoms with Crippen LogP contribution < -0.4 is 15.5 Å². The van der Waals surface area contributed by atoms with Gasteiger partial charge in [-0.2, -0.15) is 0 Å². The van der Waals surface area contributed by atoms with E-state index in [1.807, 2.05) is 68.4 Å². The molecule has 2 aromatic rings. The number of aliphatic hydroxyl groups is 1. The molecule has 138 valence electrons. The van der Waals surface area contributed by atoms with E-state index in [4.69, 9.17) is 0 Å². The van der Waals surface area contributed by atoms with E-state index in [2.05, 4.69) is 10.6 Å². The lowest BCUT2D eigenvalue weighted by molar-refractivity contribution is -0.139. The number of aliphatic hydroxyl groups excluding tert-OH is 1. The number of rotatable bonds is 6. The van der Waals surface area contributed by atoms with Crippen molar-refractivity contribution in [1.29, 1.82) is 0 Å². The summed E-state index contributed by atoms with van der Waals surface area (Å²) in [6.45, 7) is 1.77. The van der Waals surface area contributed by atoms with E-state index in [1.165, 1.54) is 0 Å². The Hall–Kier alpha value is -2.86. The van der Waals surface area contributed by atoms with Gasteiger partial charge in [0.05, 0.1) is 12.1 Å². The number of amides is 2. The first-order valence-electron chi connectivity index (χ1n) is 8.47. The second-order valence-electron chi connectivity index (χ2n) is 6.32. The molecule has 6 nitrogen and oxygen atoms in total. The van der Waals surface area contributed by atoms with Crippen LogP contribution in [0.4, 0.5) is 5.69 Å². The number of nitrogens with one attached hydrogen (secondary N) is 2. The SMILES string of the molecule is CC(NC(=O)C(=O)NCC(O)c1ccc(N(C)C)cc1)c1ccccc1. The summed E-state index contributed by atoms with van der Waals surface area (Å²) >= 11 is 0. The first-order chi connectivity index (χ1) is 12.4. The number of anilines is 1. The molecule has 0 fully saturated rings. The molecule has 0 spiro atoms. The van der Waals surface area contributed by atoms with E-state index < -0.39 is 17.9 Å². The minimum Gasteiger partial charge on any atom is -0.387 e. The fourth-order valence-corrected chi connectivity index (χ4v) is 2.47. The molecule has 0 aliphatic rings. The van der Waals surface area contributed by atoms with Crippen LogP contribution in [0.5, 0.6) is 0 Å². The normalized spacial score (nSPS) is 12.8. The van der Waals surface area contributed by atoms with Crippen LogP contribution in [0.15, 0.2) is 54.6 Å². The van der Waals surface area contributed by atoms with Gasteiger partial charge in [0, 0.05) is 26.3 Å². The summed E-state index contributed by atoms with van der Waals surface area (Å²) in [5, 5.41) is 15.3. The Kier molecular flexibility index (Phi) is 6.74. The molecule has 0 saturated carbocycles. The van der Waals surface area contributed by atoms with Crippen LogP contribution in [0.3, 0.4) is 0 Å². The van der Waals surface area contributed by atoms with Gasteiger partial charge in [0.1, 0.15) is 0 Å². The summed E-state index contributed by atoms with van der Waals surface area (Å²) in [5.74, 6) is -1.49. The van der Waals surface area contributed by atoms with E-state index >= 15 is 0 Å². The lowest BCUT2D eigenvalue weighted by Gasteiger charge is -2.16. The highest BCUT2D eigenvalue weighted by atomic mass is 16.3. The number of carbonyl (C=O) groups excluding carboxylic acids is 2. The molecule has 2 amide bonds. The average Bonchev–Trinajstić information content (AvgIpc) is 2.66. The van der Waals surface area contributed by atoms with Crippen LogP contribution in [0, 0.1) is 0 Å². The molecule has 2 unspecified atom stereocenters. The lowest BCUT2D eigenvalue weighted by atomic mass is 10.1. The first-order valence-corrected chi connectivity index (χ1v) is 8.47. The fraction of sp³-hybridized carbons (Fsp3) is 0.300. The second-order valence-corrected chi connectivity index (χ2v) is 6.32. The number of hydrogen-bond acceptors (Lipinski definition) is 4. The van der Waals surface area contributed by atoms with Gasteiger partial charge < -0.3 is 20.6 Å². The summed E-state index contributed by atoms with van der Waals surface area (Å²) in [6, 6.07) is 16.5. The predicted octanol–water partition coefficient (Wildman–Crippen LogP) is 1.78. The van der Waals surface area contributed by atoms with Crippen molar-refractivity contribution in [3.63, 3.8) is 0 Å². The van der Waals surface area contributed by atoms with Crippen LogP contribution in [-0.4, -0.2) is 37.6 Å². The molecule has 0 aliphatic heterocycles.